The number of hydrogen-bond donors (Lipinski definition) is 2. The molecule has 7 nitrogen and oxygen atoms in total. The molecule has 146 valence electrons. The third kappa shape index (κ3) is 4.73. The molecule has 0 bridgehead atoms. The summed E-state index contributed by atoms with van der Waals surface area (Å²) >= 11 is 0. The van der Waals surface area contributed by atoms with Crippen LogP contribution in [0, 0.1) is 0 Å². The number of likely N-dealkylation sites (tertiary alicyclic amines) is 1. The average Bonchev–Trinajstić information content (AvgIpc) is 3.26. The molecule has 0 atom stereocenters. The molecule has 0 aliphatic carbocycles. The number of amides is 1. The zero-order valence-electron chi connectivity index (χ0n) is 13.9. The summed E-state index contributed by atoms with van der Waals surface area (Å²) in [5.41, 5.74) is 0.212. The molecule has 27 heavy (non-hydrogen) atoms. The molecule has 1 saturated heterocycles. The number of carbonyl (C=O) groups is 1. The summed E-state index contributed by atoms with van der Waals surface area (Å²) in [5, 5.41) is 0. The van der Waals surface area contributed by atoms with Gasteiger partial charge in [-0.3, -0.25) is 9.52 Å². The second-order valence-electron chi connectivity index (χ2n) is 5.93. The molecule has 2 heterocycles. The fraction of sp³-hybridized carbons (Fsp3) is 0.312. The highest BCUT2D eigenvalue weighted by atomic mass is 32.2. The number of hydrogen-bond acceptors (Lipinski definition) is 4. The molecule has 1 amide bonds. The Labute approximate surface area is 153 Å². The van der Waals surface area contributed by atoms with Gasteiger partial charge in [-0.1, -0.05) is 0 Å². The first-order valence-electron chi connectivity index (χ1n) is 8.00. The fourth-order valence-corrected chi connectivity index (χ4v) is 3.73. The molecule has 0 spiro atoms. The van der Waals surface area contributed by atoms with Crippen LogP contribution in [0.1, 0.15) is 23.3 Å². The summed E-state index contributed by atoms with van der Waals surface area (Å²) in [6.45, 7) is 1.26. The lowest BCUT2D eigenvalue weighted by molar-refractivity contribution is -0.274. The van der Waals surface area contributed by atoms with Crippen LogP contribution < -0.4 is 9.46 Å². The van der Waals surface area contributed by atoms with E-state index in [9.17, 15) is 26.4 Å². The van der Waals surface area contributed by atoms with Crippen molar-refractivity contribution in [3.8, 4) is 5.75 Å². The van der Waals surface area contributed by atoms with Gasteiger partial charge in [0.1, 0.15) is 16.3 Å². The van der Waals surface area contributed by atoms with Crippen molar-refractivity contribution in [2.45, 2.75) is 24.1 Å². The molecule has 1 aromatic carbocycles. The number of sulfonamides is 1. The van der Waals surface area contributed by atoms with E-state index in [4.69, 9.17) is 0 Å². The number of ether oxygens (including phenoxy) is 1. The maximum absolute atomic E-state index is 12.4. The number of halogens is 3. The third-order valence-corrected chi connectivity index (χ3v) is 5.29. The lowest BCUT2D eigenvalue weighted by Crippen LogP contribution is -2.27. The van der Waals surface area contributed by atoms with Crippen molar-refractivity contribution in [2.24, 2.45) is 0 Å². The van der Waals surface area contributed by atoms with Gasteiger partial charge in [0.15, 0.2) is 0 Å². The number of rotatable bonds is 5. The lowest BCUT2D eigenvalue weighted by Gasteiger charge is -2.13. The highest BCUT2D eigenvalue weighted by molar-refractivity contribution is 7.92. The van der Waals surface area contributed by atoms with E-state index in [1.54, 1.807) is 4.90 Å². The second kappa shape index (κ2) is 7.14. The van der Waals surface area contributed by atoms with Crippen molar-refractivity contribution >= 4 is 21.6 Å². The number of carbonyl (C=O) groups excluding carboxylic acids is 1. The minimum atomic E-state index is -4.83. The van der Waals surface area contributed by atoms with E-state index in [0.717, 1.165) is 37.1 Å². The number of benzene rings is 1. The highest BCUT2D eigenvalue weighted by Crippen LogP contribution is 2.25. The largest absolute Gasteiger partial charge is 0.573 e. The Kier molecular flexibility index (Phi) is 5.05. The van der Waals surface area contributed by atoms with Crippen molar-refractivity contribution in [1.29, 1.82) is 0 Å². The van der Waals surface area contributed by atoms with Crippen LogP contribution in [0.2, 0.25) is 0 Å². The maximum atomic E-state index is 12.4. The number of alkyl halides is 3. The van der Waals surface area contributed by atoms with Crippen molar-refractivity contribution in [3.05, 3.63) is 42.2 Å². The molecular weight excluding hydrogens is 387 g/mol. The predicted octanol–water partition coefficient (Wildman–Crippen LogP) is 2.95. The van der Waals surface area contributed by atoms with Gasteiger partial charge >= 0.3 is 6.36 Å². The Morgan fingerprint density at radius 2 is 1.78 bits per heavy atom. The molecule has 2 N–H and O–H groups in total. The van der Waals surface area contributed by atoms with Crippen LogP contribution >= 0.6 is 0 Å². The Bertz CT molecular complexity index is 917. The van der Waals surface area contributed by atoms with Gasteiger partial charge in [-0.15, -0.1) is 13.2 Å². The van der Waals surface area contributed by atoms with Crippen LogP contribution in [0.4, 0.5) is 18.9 Å². The Morgan fingerprint density at radius 3 is 2.37 bits per heavy atom. The van der Waals surface area contributed by atoms with E-state index in [1.807, 2.05) is 0 Å². The maximum Gasteiger partial charge on any atom is 0.573 e. The highest BCUT2D eigenvalue weighted by Gasteiger charge is 2.31. The van der Waals surface area contributed by atoms with Gasteiger partial charge in [0.25, 0.3) is 15.9 Å². The van der Waals surface area contributed by atoms with Crippen molar-refractivity contribution in [1.82, 2.24) is 9.88 Å². The predicted molar refractivity (Wildman–Crippen MR) is 89.9 cm³/mol. The first-order valence-corrected chi connectivity index (χ1v) is 9.49. The van der Waals surface area contributed by atoms with Gasteiger partial charge in [0, 0.05) is 25.0 Å². The molecule has 0 unspecified atom stereocenters. The Morgan fingerprint density at radius 1 is 1.15 bits per heavy atom. The van der Waals surface area contributed by atoms with E-state index in [-0.39, 0.29) is 22.2 Å². The molecule has 0 radical (unpaired) electrons. The van der Waals surface area contributed by atoms with Crippen molar-refractivity contribution < 1.29 is 31.1 Å². The standard InChI is InChI=1S/C16H16F3N3O4S/c17-16(18,19)26-12-5-3-11(4-6-12)21-27(24,25)13-9-14(20-10-13)15(23)22-7-1-2-8-22/h3-6,9-10,20-21H,1-2,7-8H2. The van der Waals surface area contributed by atoms with Gasteiger partial charge in [-0.25, -0.2) is 8.42 Å². The number of H-pyrrole nitrogens is 1. The molecular formula is C16H16F3N3O4S. The first-order chi connectivity index (χ1) is 12.6. The lowest BCUT2D eigenvalue weighted by atomic mass is 10.3. The van der Waals surface area contributed by atoms with Crippen LogP contribution in [0.15, 0.2) is 41.4 Å². The van der Waals surface area contributed by atoms with Gasteiger partial charge in [-0.2, -0.15) is 0 Å². The van der Waals surface area contributed by atoms with Gasteiger partial charge in [-0.05, 0) is 43.2 Å². The number of nitrogens with one attached hydrogen (secondary N) is 2. The van der Waals surface area contributed by atoms with Crippen molar-refractivity contribution in [2.75, 3.05) is 17.8 Å². The number of aromatic amines is 1. The topological polar surface area (TPSA) is 91.5 Å². The van der Waals surface area contributed by atoms with Crippen LogP contribution in [-0.4, -0.2) is 43.7 Å². The van der Waals surface area contributed by atoms with Gasteiger partial charge in [0.2, 0.25) is 0 Å². The fourth-order valence-electron chi connectivity index (χ4n) is 2.68. The minimum absolute atomic E-state index is 0.0538. The summed E-state index contributed by atoms with van der Waals surface area (Å²) in [4.78, 5) is 16.4. The summed E-state index contributed by atoms with van der Waals surface area (Å²) < 4.78 is 67.2. The second-order valence-corrected chi connectivity index (χ2v) is 7.61. The monoisotopic (exact) mass is 403 g/mol. The van der Waals surface area contributed by atoms with E-state index >= 15 is 0 Å². The summed E-state index contributed by atoms with van der Waals surface area (Å²) in [5.74, 6) is -0.742. The molecule has 1 aromatic heterocycles. The molecule has 2 aromatic rings. The van der Waals surface area contributed by atoms with Crippen molar-refractivity contribution in [3.63, 3.8) is 0 Å². The van der Waals surface area contributed by atoms with E-state index < -0.39 is 22.1 Å². The van der Waals surface area contributed by atoms with Gasteiger partial charge in [0.05, 0.1) is 0 Å². The molecule has 11 heteroatoms. The molecule has 3 rings (SSSR count). The average molecular weight is 403 g/mol. The molecule has 1 aliphatic rings. The zero-order valence-corrected chi connectivity index (χ0v) is 14.7. The summed E-state index contributed by atoms with van der Waals surface area (Å²) in [6.07, 6.45) is -1.82. The minimum Gasteiger partial charge on any atom is -0.406 e. The Hall–Kier alpha value is -2.69. The van der Waals surface area contributed by atoms with Gasteiger partial charge < -0.3 is 14.6 Å². The zero-order chi connectivity index (χ0) is 19.7. The van der Waals surface area contributed by atoms with Crippen LogP contribution in [-0.2, 0) is 10.0 Å². The Balaban J connectivity index is 1.70. The molecule has 1 aliphatic heterocycles. The van der Waals surface area contributed by atoms with E-state index in [1.165, 1.54) is 12.3 Å². The number of anilines is 1. The van der Waals surface area contributed by atoms with Crippen LogP contribution in [0.3, 0.4) is 0 Å². The quantitative estimate of drug-likeness (QED) is 0.803. The third-order valence-electron chi connectivity index (χ3n) is 3.93. The van der Waals surface area contributed by atoms with Crippen LogP contribution in [0.25, 0.3) is 0 Å². The SMILES string of the molecule is O=C(c1cc(S(=O)(=O)Nc2ccc(OC(F)(F)F)cc2)c[nH]1)N1CCCC1. The number of aromatic nitrogens is 1. The van der Waals surface area contributed by atoms with E-state index in [2.05, 4.69) is 14.4 Å². The normalized spacial score (nSPS) is 15.0. The van der Waals surface area contributed by atoms with Crippen LogP contribution in [0.5, 0.6) is 5.75 Å². The first kappa shape index (κ1) is 19.1. The summed E-state index contributed by atoms with van der Waals surface area (Å²) in [6, 6.07) is 5.49. The van der Waals surface area contributed by atoms with E-state index in [0.29, 0.717) is 13.1 Å². The summed E-state index contributed by atoms with van der Waals surface area (Å²) in [7, 11) is -4.01. The molecule has 0 saturated carbocycles. The molecule has 1 fully saturated rings. The number of nitrogens with zero attached hydrogens (tertiary/aromatic N) is 1. The smallest absolute Gasteiger partial charge is 0.406 e.